The van der Waals surface area contributed by atoms with Crippen molar-refractivity contribution in [2.75, 3.05) is 0 Å². The molecule has 0 amide bonds. The Hall–Kier alpha value is 0.797. The van der Waals surface area contributed by atoms with Crippen molar-refractivity contribution < 1.29 is 0 Å². The lowest BCUT2D eigenvalue weighted by atomic mass is 10.0. The molecule has 1 aliphatic rings. The van der Waals surface area contributed by atoms with Gasteiger partial charge in [-0.2, -0.15) is 0 Å². The molecule has 0 aromatic rings. The second-order valence-electron chi connectivity index (χ2n) is 3.29. The molecule has 0 N–H and O–H groups in total. The number of hydrogen-bond donors (Lipinski definition) is 0. The normalized spacial score (nSPS) is 23.1. The van der Waals surface area contributed by atoms with Crippen molar-refractivity contribution in [3.63, 3.8) is 0 Å². The highest BCUT2D eigenvalue weighted by Crippen LogP contribution is 2.40. The zero-order valence-corrected chi connectivity index (χ0v) is 8.88. The Morgan fingerprint density at radius 3 is 1.90 bits per heavy atom. The van der Waals surface area contributed by atoms with Gasteiger partial charge in [0.15, 0.2) is 0 Å². The molecular formula is C7H14Cl2Si. The Labute approximate surface area is 73.3 Å². The third kappa shape index (κ3) is 2.44. The SMILES string of the molecule is C[Si](Cl)(Cl)C1CCCCC1. The molecule has 0 saturated heterocycles. The summed E-state index contributed by atoms with van der Waals surface area (Å²) in [5.41, 5.74) is 0.671. The maximum atomic E-state index is 6.12. The van der Waals surface area contributed by atoms with Gasteiger partial charge in [0.25, 0.3) is 6.69 Å². The van der Waals surface area contributed by atoms with E-state index in [1.165, 1.54) is 32.1 Å². The van der Waals surface area contributed by atoms with Crippen LogP contribution in [0.25, 0.3) is 0 Å². The van der Waals surface area contributed by atoms with Crippen molar-refractivity contribution in [2.24, 2.45) is 0 Å². The number of halogens is 2. The van der Waals surface area contributed by atoms with E-state index in [9.17, 15) is 0 Å². The molecule has 0 radical (unpaired) electrons. The molecule has 0 heterocycles. The largest absolute Gasteiger partial charge is 0.251 e. The van der Waals surface area contributed by atoms with Crippen LogP contribution in [0.3, 0.4) is 0 Å². The molecule has 3 heteroatoms. The fourth-order valence-electron chi connectivity index (χ4n) is 1.61. The van der Waals surface area contributed by atoms with Gasteiger partial charge in [0.2, 0.25) is 0 Å². The summed E-state index contributed by atoms with van der Waals surface area (Å²) >= 11 is 12.2. The van der Waals surface area contributed by atoms with Gasteiger partial charge in [-0.1, -0.05) is 32.1 Å². The van der Waals surface area contributed by atoms with E-state index in [4.69, 9.17) is 22.2 Å². The van der Waals surface area contributed by atoms with Gasteiger partial charge in [0.05, 0.1) is 0 Å². The molecular weight excluding hydrogens is 183 g/mol. The van der Waals surface area contributed by atoms with Crippen LogP contribution in [0.1, 0.15) is 32.1 Å². The number of hydrogen-bond acceptors (Lipinski definition) is 0. The summed E-state index contributed by atoms with van der Waals surface area (Å²) < 4.78 is 0. The van der Waals surface area contributed by atoms with Crippen LogP contribution in [-0.4, -0.2) is 6.69 Å². The summed E-state index contributed by atoms with van der Waals surface area (Å²) in [5, 5.41) is 0. The van der Waals surface area contributed by atoms with Crippen molar-refractivity contribution in [1.29, 1.82) is 0 Å². The molecule has 0 bridgehead atoms. The minimum absolute atomic E-state index is 0.671. The summed E-state index contributed by atoms with van der Waals surface area (Å²) in [4.78, 5) is 0. The van der Waals surface area contributed by atoms with Crippen molar-refractivity contribution in [3.8, 4) is 0 Å². The molecule has 1 aliphatic carbocycles. The van der Waals surface area contributed by atoms with Crippen molar-refractivity contribution >= 4 is 28.9 Å². The zero-order valence-electron chi connectivity index (χ0n) is 6.37. The Kier molecular flexibility index (Phi) is 3.08. The molecule has 0 unspecified atom stereocenters. The van der Waals surface area contributed by atoms with Gasteiger partial charge in [-0.15, -0.1) is 22.2 Å². The van der Waals surface area contributed by atoms with Crippen LogP contribution >= 0.6 is 22.2 Å². The van der Waals surface area contributed by atoms with Crippen molar-refractivity contribution in [3.05, 3.63) is 0 Å². The fraction of sp³-hybridized carbons (Fsp3) is 1.00. The average Bonchev–Trinajstić information content (AvgIpc) is 1.88. The van der Waals surface area contributed by atoms with E-state index in [2.05, 4.69) is 0 Å². The molecule has 0 spiro atoms. The lowest BCUT2D eigenvalue weighted by Gasteiger charge is -2.27. The van der Waals surface area contributed by atoms with E-state index < -0.39 is 6.69 Å². The highest BCUT2D eigenvalue weighted by molar-refractivity contribution is 7.45. The Bertz CT molecular complexity index is 103. The van der Waals surface area contributed by atoms with Gasteiger partial charge in [-0.25, -0.2) is 0 Å². The molecule has 10 heavy (non-hydrogen) atoms. The van der Waals surface area contributed by atoms with Gasteiger partial charge in [-0.05, 0) is 12.1 Å². The van der Waals surface area contributed by atoms with Crippen LogP contribution in [0.4, 0.5) is 0 Å². The van der Waals surface area contributed by atoms with Crippen LogP contribution in [0.15, 0.2) is 0 Å². The summed E-state index contributed by atoms with van der Waals surface area (Å²) in [6.45, 7) is 0.236. The summed E-state index contributed by atoms with van der Waals surface area (Å²) in [6, 6.07) is 0. The molecule has 0 aromatic heterocycles. The van der Waals surface area contributed by atoms with Gasteiger partial charge in [0, 0.05) is 0 Å². The quantitative estimate of drug-likeness (QED) is 0.442. The standard InChI is InChI=1S/C7H14Cl2Si/c1-10(8,9)7-5-3-2-4-6-7/h7H,2-6H2,1H3. The Morgan fingerprint density at radius 1 is 1.10 bits per heavy atom. The monoisotopic (exact) mass is 196 g/mol. The minimum atomic E-state index is -1.81. The predicted octanol–water partition coefficient (Wildman–Crippen LogP) is 3.87. The Morgan fingerprint density at radius 2 is 1.60 bits per heavy atom. The third-order valence-electron chi connectivity index (χ3n) is 2.32. The van der Waals surface area contributed by atoms with E-state index >= 15 is 0 Å². The van der Waals surface area contributed by atoms with E-state index in [1.807, 2.05) is 6.55 Å². The van der Waals surface area contributed by atoms with Crippen LogP contribution in [0, 0.1) is 0 Å². The minimum Gasteiger partial charge on any atom is -0.146 e. The van der Waals surface area contributed by atoms with Crippen LogP contribution in [0.2, 0.25) is 12.1 Å². The molecule has 1 saturated carbocycles. The van der Waals surface area contributed by atoms with E-state index in [-0.39, 0.29) is 0 Å². The Balaban J connectivity index is 2.39. The molecule has 1 rings (SSSR count). The fourth-order valence-corrected chi connectivity index (χ4v) is 4.34. The molecule has 0 aliphatic heterocycles. The highest BCUT2D eigenvalue weighted by Gasteiger charge is 2.33. The first-order chi connectivity index (χ1) is 4.61. The molecule has 60 valence electrons. The average molecular weight is 197 g/mol. The van der Waals surface area contributed by atoms with Gasteiger partial charge in [-0.3, -0.25) is 0 Å². The second-order valence-corrected chi connectivity index (χ2v) is 11.3. The van der Waals surface area contributed by atoms with Gasteiger partial charge in [0.1, 0.15) is 0 Å². The molecule has 0 aromatic carbocycles. The van der Waals surface area contributed by atoms with E-state index in [1.54, 1.807) is 0 Å². The molecule has 0 atom stereocenters. The third-order valence-corrected chi connectivity index (χ3v) is 6.18. The summed E-state index contributed by atoms with van der Waals surface area (Å²) in [7, 11) is 0. The highest BCUT2D eigenvalue weighted by atomic mass is 35.7. The first-order valence-electron chi connectivity index (χ1n) is 3.98. The van der Waals surface area contributed by atoms with Crippen molar-refractivity contribution in [2.45, 2.75) is 44.2 Å². The lowest BCUT2D eigenvalue weighted by Crippen LogP contribution is -2.24. The van der Waals surface area contributed by atoms with Crippen LogP contribution in [-0.2, 0) is 0 Å². The van der Waals surface area contributed by atoms with Crippen LogP contribution < -0.4 is 0 Å². The first kappa shape index (κ1) is 8.89. The topological polar surface area (TPSA) is 0 Å². The maximum absolute atomic E-state index is 6.12. The number of rotatable bonds is 1. The maximum Gasteiger partial charge on any atom is 0.251 e. The summed E-state index contributed by atoms with van der Waals surface area (Å²) in [6.07, 6.45) is 6.61. The van der Waals surface area contributed by atoms with E-state index in [0.717, 1.165) is 0 Å². The predicted molar refractivity (Wildman–Crippen MR) is 50.2 cm³/mol. The van der Waals surface area contributed by atoms with Gasteiger partial charge < -0.3 is 0 Å². The lowest BCUT2D eigenvalue weighted by molar-refractivity contribution is 0.498. The second kappa shape index (κ2) is 3.46. The van der Waals surface area contributed by atoms with Crippen molar-refractivity contribution in [1.82, 2.24) is 0 Å². The smallest absolute Gasteiger partial charge is 0.146 e. The van der Waals surface area contributed by atoms with Crippen LogP contribution in [0.5, 0.6) is 0 Å². The molecule has 1 fully saturated rings. The van der Waals surface area contributed by atoms with Gasteiger partial charge >= 0.3 is 0 Å². The molecule has 0 nitrogen and oxygen atoms in total. The first-order valence-corrected chi connectivity index (χ1v) is 8.58. The summed E-state index contributed by atoms with van der Waals surface area (Å²) in [5.74, 6) is 0. The zero-order chi connectivity index (χ0) is 7.61. The van der Waals surface area contributed by atoms with E-state index in [0.29, 0.717) is 5.54 Å².